The average molecular weight is 201 g/mol. The second-order valence-corrected chi connectivity index (χ2v) is 3.64. The maximum atomic E-state index is 9.80. The Morgan fingerprint density at radius 2 is 1.87 bits per heavy atom. The fraction of sp³-hybridized carbons (Fsp3) is 0.231. The lowest BCUT2D eigenvalue weighted by molar-refractivity contribution is 0.482. The molecular formula is C13H15NO. The Morgan fingerprint density at radius 3 is 2.67 bits per heavy atom. The molecule has 3 rings (SSSR count). The molecule has 1 aliphatic heterocycles. The van der Waals surface area contributed by atoms with Crippen molar-refractivity contribution in [3.63, 3.8) is 0 Å². The minimum absolute atomic E-state index is 0. The second kappa shape index (κ2) is 3.46. The van der Waals surface area contributed by atoms with Gasteiger partial charge in [-0.05, 0) is 17.4 Å². The van der Waals surface area contributed by atoms with Crippen molar-refractivity contribution >= 4 is 16.5 Å². The highest BCUT2D eigenvalue weighted by Crippen LogP contribution is 2.36. The van der Waals surface area contributed by atoms with E-state index in [4.69, 9.17) is 0 Å². The molecular weight excluding hydrogens is 186 g/mol. The smallest absolute Gasteiger partial charge is 0.125 e. The van der Waals surface area contributed by atoms with Gasteiger partial charge in [-0.2, -0.15) is 0 Å². The van der Waals surface area contributed by atoms with Crippen LogP contribution in [0.4, 0.5) is 5.69 Å². The van der Waals surface area contributed by atoms with Crippen LogP contribution < -0.4 is 5.32 Å². The fourth-order valence-corrected chi connectivity index (χ4v) is 2.17. The van der Waals surface area contributed by atoms with Gasteiger partial charge in [-0.1, -0.05) is 31.7 Å². The summed E-state index contributed by atoms with van der Waals surface area (Å²) in [5, 5.41) is 15.2. The van der Waals surface area contributed by atoms with Gasteiger partial charge in [0.2, 0.25) is 0 Å². The zero-order chi connectivity index (χ0) is 9.54. The van der Waals surface area contributed by atoms with E-state index in [-0.39, 0.29) is 7.43 Å². The molecule has 0 aromatic heterocycles. The first kappa shape index (κ1) is 9.84. The topological polar surface area (TPSA) is 32.3 Å². The number of phenolic OH excluding ortho intramolecular Hbond substituents is 1. The van der Waals surface area contributed by atoms with Gasteiger partial charge < -0.3 is 10.4 Å². The van der Waals surface area contributed by atoms with E-state index in [1.807, 2.05) is 24.3 Å². The first-order valence-electron chi connectivity index (χ1n) is 4.84. The van der Waals surface area contributed by atoms with Crippen LogP contribution in [0.1, 0.15) is 13.0 Å². The lowest BCUT2D eigenvalue weighted by Crippen LogP contribution is -1.90. The van der Waals surface area contributed by atoms with Crippen LogP contribution in [0, 0.1) is 0 Å². The van der Waals surface area contributed by atoms with Crippen LogP contribution in [0.15, 0.2) is 30.3 Å². The third-order valence-electron chi connectivity index (χ3n) is 2.82. The highest BCUT2D eigenvalue weighted by atomic mass is 16.3. The zero-order valence-electron chi connectivity index (χ0n) is 7.75. The van der Waals surface area contributed by atoms with E-state index >= 15 is 0 Å². The van der Waals surface area contributed by atoms with Crippen molar-refractivity contribution in [3.8, 4) is 5.75 Å². The van der Waals surface area contributed by atoms with Gasteiger partial charge in [-0.15, -0.1) is 0 Å². The van der Waals surface area contributed by atoms with Crippen LogP contribution in [-0.2, 0) is 6.42 Å². The number of aromatic hydroxyl groups is 1. The molecule has 1 aliphatic rings. The molecule has 2 aromatic carbocycles. The molecule has 2 nitrogen and oxygen atoms in total. The number of anilines is 1. The van der Waals surface area contributed by atoms with Crippen molar-refractivity contribution in [1.29, 1.82) is 0 Å². The van der Waals surface area contributed by atoms with Crippen molar-refractivity contribution in [1.82, 2.24) is 0 Å². The van der Waals surface area contributed by atoms with Gasteiger partial charge in [0.05, 0.1) is 0 Å². The minimum Gasteiger partial charge on any atom is -0.507 e. The van der Waals surface area contributed by atoms with Gasteiger partial charge in [-0.25, -0.2) is 0 Å². The Balaban J connectivity index is 0.000000853. The third kappa shape index (κ3) is 1.33. The maximum Gasteiger partial charge on any atom is 0.125 e. The largest absolute Gasteiger partial charge is 0.507 e. The van der Waals surface area contributed by atoms with Gasteiger partial charge in [0.1, 0.15) is 5.75 Å². The van der Waals surface area contributed by atoms with Gasteiger partial charge in [0.15, 0.2) is 0 Å². The van der Waals surface area contributed by atoms with Gasteiger partial charge >= 0.3 is 0 Å². The van der Waals surface area contributed by atoms with Crippen molar-refractivity contribution in [3.05, 3.63) is 35.9 Å². The fourth-order valence-electron chi connectivity index (χ4n) is 2.17. The first-order chi connectivity index (χ1) is 6.86. The lowest BCUT2D eigenvalue weighted by atomic mass is 10.0. The molecule has 2 N–H and O–H groups in total. The van der Waals surface area contributed by atoms with Crippen LogP contribution in [0.2, 0.25) is 0 Å². The zero-order valence-corrected chi connectivity index (χ0v) is 7.75. The monoisotopic (exact) mass is 201 g/mol. The summed E-state index contributed by atoms with van der Waals surface area (Å²) in [7, 11) is 0. The molecule has 0 amide bonds. The summed E-state index contributed by atoms with van der Waals surface area (Å²) < 4.78 is 0. The predicted octanol–water partition coefficient (Wildman–Crippen LogP) is 3.15. The summed E-state index contributed by atoms with van der Waals surface area (Å²) in [6, 6.07) is 9.83. The van der Waals surface area contributed by atoms with Crippen LogP contribution >= 0.6 is 0 Å². The number of fused-ring (bicyclic) bond motifs is 3. The molecule has 0 fully saturated rings. The Kier molecular flexibility index (Phi) is 2.27. The van der Waals surface area contributed by atoms with Gasteiger partial charge in [0, 0.05) is 23.7 Å². The third-order valence-corrected chi connectivity index (χ3v) is 2.82. The highest BCUT2D eigenvalue weighted by Gasteiger charge is 2.15. The normalized spacial score (nSPS) is 13.1. The van der Waals surface area contributed by atoms with E-state index in [1.54, 1.807) is 0 Å². The van der Waals surface area contributed by atoms with Crippen LogP contribution in [-0.4, -0.2) is 11.7 Å². The molecule has 15 heavy (non-hydrogen) atoms. The molecule has 0 unspecified atom stereocenters. The molecule has 0 atom stereocenters. The van der Waals surface area contributed by atoms with E-state index in [1.165, 1.54) is 10.9 Å². The summed E-state index contributed by atoms with van der Waals surface area (Å²) in [5.74, 6) is 0.369. The molecule has 0 saturated carbocycles. The minimum atomic E-state index is 0. The number of rotatable bonds is 0. The SMILES string of the molecule is C.Oc1cc2c(c3ccccc13)CCN2. The van der Waals surface area contributed by atoms with E-state index < -0.39 is 0 Å². The number of hydrogen-bond acceptors (Lipinski definition) is 2. The van der Waals surface area contributed by atoms with Crippen LogP contribution in [0.5, 0.6) is 5.75 Å². The quantitative estimate of drug-likeness (QED) is 0.686. The van der Waals surface area contributed by atoms with Crippen molar-refractivity contribution in [2.75, 3.05) is 11.9 Å². The maximum absolute atomic E-state index is 9.80. The number of nitrogens with one attached hydrogen (secondary N) is 1. The second-order valence-electron chi connectivity index (χ2n) is 3.64. The Hall–Kier alpha value is -1.70. The van der Waals surface area contributed by atoms with Crippen LogP contribution in [0.25, 0.3) is 10.8 Å². The lowest BCUT2D eigenvalue weighted by Gasteiger charge is -2.06. The number of phenols is 1. The molecule has 2 aromatic rings. The first-order valence-corrected chi connectivity index (χ1v) is 4.84. The van der Waals surface area contributed by atoms with E-state index in [2.05, 4.69) is 11.4 Å². The standard InChI is InChI=1S/C12H11NO.CH4/c14-12-7-11-9(5-6-13-11)8-3-1-2-4-10(8)12;/h1-4,7,13-14H,5-6H2;1H4. The summed E-state index contributed by atoms with van der Waals surface area (Å²) >= 11 is 0. The Morgan fingerprint density at radius 1 is 1.13 bits per heavy atom. The summed E-state index contributed by atoms with van der Waals surface area (Å²) in [6.45, 7) is 0.975. The van der Waals surface area contributed by atoms with E-state index in [0.717, 1.165) is 24.0 Å². The summed E-state index contributed by atoms with van der Waals surface area (Å²) in [4.78, 5) is 0. The van der Waals surface area contributed by atoms with Gasteiger partial charge in [-0.3, -0.25) is 0 Å². The molecule has 1 heterocycles. The Labute approximate surface area is 89.6 Å². The average Bonchev–Trinajstić information content (AvgIpc) is 2.66. The molecule has 0 spiro atoms. The molecule has 78 valence electrons. The van der Waals surface area contributed by atoms with Gasteiger partial charge in [0.25, 0.3) is 0 Å². The van der Waals surface area contributed by atoms with Crippen LogP contribution in [0.3, 0.4) is 0 Å². The molecule has 0 radical (unpaired) electrons. The predicted molar refractivity (Wildman–Crippen MR) is 64.5 cm³/mol. The number of benzene rings is 2. The van der Waals surface area contributed by atoms with Crippen molar-refractivity contribution in [2.24, 2.45) is 0 Å². The number of hydrogen-bond donors (Lipinski definition) is 2. The highest BCUT2D eigenvalue weighted by molar-refractivity contribution is 5.95. The molecule has 0 aliphatic carbocycles. The van der Waals surface area contributed by atoms with E-state index in [9.17, 15) is 5.11 Å². The summed E-state index contributed by atoms with van der Waals surface area (Å²) in [5.41, 5.74) is 2.42. The van der Waals surface area contributed by atoms with Crippen molar-refractivity contribution in [2.45, 2.75) is 13.8 Å². The van der Waals surface area contributed by atoms with E-state index in [0.29, 0.717) is 5.75 Å². The Bertz CT molecular complexity index is 505. The van der Waals surface area contributed by atoms with Crippen molar-refractivity contribution < 1.29 is 5.11 Å². The molecule has 0 saturated heterocycles. The molecule has 2 heteroatoms. The molecule has 0 bridgehead atoms. The summed E-state index contributed by atoms with van der Waals surface area (Å²) in [6.07, 6.45) is 1.05.